The molecule has 0 saturated heterocycles. The summed E-state index contributed by atoms with van der Waals surface area (Å²) in [5, 5.41) is 7.82. The van der Waals surface area contributed by atoms with Gasteiger partial charge in [-0.15, -0.1) is 10.2 Å². The van der Waals surface area contributed by atoms with Gasteiger partial charge in [0.05, 0.1) is 20.5 Å². The molecule has 2 rings (SSSR count). The number of nitrogens with zero attached hydrogens (tertiary/aromatic N) is 3. The minimum absolute atomic E-state index is 0.354. The van der Waals surface area contributed by atoms with E-state index in [-0.39, 0.29) is 0 Å². The maximum Gasteiger partial charge on any atom is 0.178 e. The molecule has 0 bridgehead atoms. The molecule has 2 N–H and O–H groups in total. The van der Waals surface area contributed by atoms with E-state index in [4.69, 9.17) is 42.7 Å². The first kappa shape index (κ1) is 24.3. The SMILES string of the molecule is Cc1nc(=N)c(C[n+]2ccccc2)cn1C.[O-][Cl+3]([O-])([O-])O.[O-][Cl+3]([O-])([O-])[O-]. The fourth-order valence-electron chi connectivity index (χ4n) is 1.55. The van der Waals surface area contributed by atoms with E-state index in [9.17, 15) is 0 Å². The van der Waals surface area contributed by atoms with Gasteiger partial charge in [0, 0.05) is 25.4 Å². The van der Waals surface area contributed by atoms with E-state index in [1.807, 2.05) is 59.9 Å². The maximum absolute atomic E-state index is 8.60. The first-order valence-corrected chi connectivity index (χ1v) is 8.93. The number of aryl methyl sites for hydroxylation is 2. The summed E-state index contributed by atoms with van der Waals surface area (Å²) in [6.45, 7) is 2.58. The molecule has 2 aromatic rings. The molecule has 14 heteroatoms. The highest BCUT2D eigenvalue weighted by molar-refractivity contribution is 5.03. The van der Waals surface area contributed by atoms with E-state index in [0.717, 1.165) is 11.4 Å². The van der Waals surface area contributed by atoms with E-state index in [0.29, 0.717) is 12.0 Å². The third-order valence-corrected chi connectivity index (χ3v) is 2.57. The summed E-state index contributed by atoms with van der Waals surface area (Å²) in [5.74, 6) is 0.854. The molecular formula is C12H16Cl2N4O8. The quantitative estimate of drug-likeness (QED) is 0.443. The maximum atomic E-state index is 8.60. The van der Waals surface area contributed by atoms with Crippen LogP contribution in [-0.4, -0.2) is 14.2 Å². The van der Waals surface area contributed by atoms with E-state index < -0.39 is 20.5 Å². The van der Waals surface area contributed by atoms with Crippen molar-refractivity contribution in [1.82, 2.24) is 9.55 Å². The van der Waals surface area contributed by atoms with Crippen LogP contribution in [0.25, 0.3) is 0 Å². The molecule has 0 amide bonds. The second-order valence-electron chi connectivity index (χ2n) is 4.59. The van der Waals surface area contributed by atoms with Gasteiger partial charge in [0.2, 0.25) is 0 Å². The van der Waals surface area contributed by atoms with E-state index in [2.05, 4.69) is 4.98 Å². The van der Waals surface area contributed by atoms with Crippen molar-refractivity contribution in [2.45, 2.75) is 13.5 Å². The van der Waals surface area contributed by atoms with E-state index in [1.165, 1.54) is 0 Å². The average molecular weight is 415 g/mol. The van der Waals surface area contributed by atoms with Crippen LogP contribution in [-0.2, 0) is 13.6 Å². The fraction of sp³-hybridized carbons (Fsp3) is 0.250. The molecule has 0 atom stereocenters. The summed E-state index contributed by atoms with van der Waals surface area (Å²) in [7, 11) is -7.69. The summed E-state index contributed by atoms with van der Waals surface area (Å²) in [6, 6.07) is 5.93. The van der Waals surface area contributed by atoms with Crippen molar-refractivity contribution in [3.05, 3.63) is 53.7 Å². The van der Waals surface area contributed by atoms with Crippen LogP contribution in [0.5, 0.6) is 0 Å². The largest absolute Gasteiger partial charge is 0.339 e. The molecule has 0 aliphatic heterocycles. The third kappa shape index (κ3) is 14.6. The highest BCUT2D eigenvalue weighted by atomic mass is 35.7. The second-order valence-corrected chi connectivity index (χ2v) is 6.14. The Kier molecular flexibility index (Phi) is 9.75. The Hall–Kier alpha value is -1.71. The van der Waals surface area contributed by atoms with Crippen LogP contribution < -0.4 is 42.7 Å². The molecule has 146 valence electrons. The first-order chi connectivity index (χ1) is 11.7. The lowest BCUT2D eigenvalue weighted by atomic mass is 10.3. The Labute approximate surface area is 152 Å². The summed E-state index contributed by atoms with van der Waals surface area (Å²) in [5.41, 5.74) is 1.27. The highest BCUT2D eigenvalue weighted by Crippen LogP contribution is 1.92. The molecule has 0 unspecified atom stereocenters. The molecule has 0 aliphatic rings. The zero-order valence-electron chi connectivity index (χ0n) is 13.6. The Morgan fingerprint density at radius 3 is 1.92 bits per heavy atom. The van der Waals surface area contributed by atoms with Gasteiger partial charge in [-0.2, -0.15) is 14.0 Å². The number of pyridine rings is 1. The Bertz CT molecular complexity index is 707. The standard InChI is InChI=1S/C12H15N4.2ClHO4/c1-10-14-12(13)11(8-15(10)2)9-16-6-4-3-5-7-16;2*2-1(3,4)5/h3-8,13H,9H2,1-2H3;2*(H,2,3,4,5)/q+1;;/p-1. The van der Waals surface area contributed by atoms with Crippen LogP contribution in [0, 0.1) is 32.8 Å². The lowest BCUT2D eigenvalue weighted by molar-refractivity contribution is -2.00. The zero-order chi connectivity index (χ0) is 20.5. The fourth-order valence-corrected chi connectivity index (χ4v) is 1.55. The number of halogens is 2. The smallest absolute Gasteiger partial charge is 0.178 e. The highest BCUT2D eigenvalue weighted by Gasteiger charge is 2.06. The zero-order valence-corrected chi connectivity index (χ0v) is 15.1. The minimum Gasteiger partial charge on any atom is -0.339 e. The van der Waals surface area contributed by atoms with Crippen molar-refractivity contribution < 1.29 is 62.3 Å². The predicted octanol–water partition coefficient (Wildman–Crippen LogP) is -8.34. The molecule has 0 saturated carbocycles. The van der Waals surface area contributed by atoms with Gasteiger partial charge >= 0.3 is 0 Å². The van der Waals surface area contributed by atoms with Gasteiger partial charge in [-0.05, 0) is 6.92 Å². The molecule has 0 radical (unpaired) electrons. The molecule has 26 heavy (non-hydrogen) atoms. The number of hydrogen-bond donors (Lipinski definition) is 2. The van der Waals surface area contributed by atoms with Crippen LogP contribution in [0.1, 0.15) is 11.4 Å². The Morgan fingerprint density at radius 1 is 1.08 bits per heavy atom. The summed E-state index contributed by atoms with van der Waals surface area (Å²) < 4.78 is 70.7. The van der Waals surface area contributed by atoms with Crippen molar-refractivity contribution in [1.29, 1.82) is 5.41 Å². The molecular weight excluding hydrogens is 399 g/mol. The molecule has 0 aliphatic carbocycles. The van der Waals surface area contributed by atoms with Gasteiger partial charge in [0.15, 0.2) is 24.4 Å². The summed E-state index contributed by atoms with van der Waals surface area (Å²) in [4.78, 5) is 4.19. The number of rotatable bonds is 2. The van der Waals surface area contributed by atoms with Crippen molar-refractivity contribution in [3.8, 4) is 0 Å². The van der Waals surface area contributed by atoms with Crippen LogP contribution in [0.3, 0.4) is 0 Å². The van der Waals surface area contributed by atoms with Crippen molar-refractivity contribution in [2.75, 3.05) is 0 Å². The molecule has 0 spiro atoms. The summed E-state index contributed by atoms with van der Waals surface area (Å²) in [6.07, 6.45) is 5.93. The topological polar surface area (TPSA) is 227 Å². The predicted molar refractivity (Wildman–Crippen MR) is 61.8 cm³/mol. The van der Waals surface area contributed by atoms with E-state index in [1.54, 1.807) is 0 Å². The molecule has 0 aromatic carbocycles. The monoisotopic (exact) mass is 414 g/mol. The molecule has 2 aromatic heterocycles. The lowest BCUT2D eigenvalue weighted by Gasteiger charge is -2.17. The lowest BCUT2D eigenvalue weighted by Crippen LogP contribution is -2.68. The second kappa shape index (κ2) is 10.4. The first-order valence-electron chi connectivity index (χ1n) is 6.43. The average Bonchev–Trinajstić information content (AvgIpc) is 2.42. The van der Waals surface area contributed by atoms with Gasteiger partial charge in [-0.1, -0.05) is 6.07 Å². The van der Waals surface area contributed by atoms with Gasteiger partial charge < -0.3 is 4.57 Å². The van der Waals surface area contributed by atoms with Gasteiger partial charge in [0.25, 0.3) is 0 Å². The summed E-state index contributed by atoms with van der Waals surface area (Å²) >= 11 is 0. The number of hydrogen-bond acceptors (Lipinski definition) is 10. The van der Waals surface area contributed by atoms with E-state index >= 15 is 0 Å². The molecule has 2 heterocycles. The van der Waals surface area contributed by atoms with Gasteiger partial charge in [-0.3, -0.25) is 5.41 Å². The van der Waals surface area contributed by atoms with Crippen molar-refractivity contribution in [3.63, 3.8) is 0 Å². The van der Waals surface area contributed by atoms with Gasteiger partial charge in [-0.25, -0.2) is 28.2 Å². The van der Waals surface area contributed by atoms with Gasteiger partial charge in [0.1, 0.15) is 5.82 Å². The van der Waals surface area contributed by atoms with Crippen LogP contribution in [0.2, 0.25) is 0 Å². The third-order valence-electron chi connectivity index (χ3n) is 2.57. The molecule has 12 nitrogen and oxygen atoms in total. The van der Waals surface area contributed by atoms with Crippen molar-refractivity contribution in [2.24, 2.45) is 7.05 Å². The Balaban J connectivity index is 0.000000520. The van der Waals surface area contributed by atoms with Crippen LogP contribution in [0.4, 0.5) is 0 Å². The van der Waals surface area contributed by atoms with Crippen LogP contribution in [0.15, 0.2) is 36.8 Å². The Morgan fingerprint density at radius 2 is 1.50 bits per heavy atom. The minimum atomic E-state index is -4.94. The molecule has 0 fully saturated rings. The number of aromatic nitrogens is 3. The normalized spacial score (nSPS) is 11.0. The van der Waals surface area contributed by atoms with Crippen molar-refractivity contribution >= 4 is 0 Å². The van der Waals surface area contributed by atoms with Crippen LogP contribution >= 0.6 is 0 Å². The number of nitrogens with one attached hydrogen (secondary N) is 1.